The summed E-state index contributed by atoms with van der Waals surface area (Å²) in [5.41, 5.74) is 0.0953. The normalized spacial score (nSPS) is 22.7. The van der Waals surface area contributed by atoms with E-state index in [1.807, 2.05) is 35.2 Å². The Morgan fingerprint density at radius 2 is 2.04 bits per heavy atom. The lowest BCUT2D eigenvalue weighted by Crippen LogP contribution is -2.62. The van der Waals surface area contributed by atoms with Gasteiger partial charge in [-0.05, 0) is 43.7 Å². The summed E-state index contributed by atoms with van der Waals surface area (Å²) in [5.74, 6) is 0.662. The molecule has 1 aliphatic heterocycles. The topological polar surface area (TPSA) is 70.7 Å². The summed E-state index contributed by atoms with van der Waals surface area (Å²) in [4.78, 5) is 27.5. The van der Waals surface area contributed by atoms with Gasteiger partial charge in [-0.15, -0.1) is 0 Å². The molecular weight excluding hydrogens is 330 g/mol. The van der Waals surface area contributed by atoms with Crippen LogP contribution >= 0.6 is 0 Å². The van der Waals surface area contributed by atoms with Crippen LogP contribution in [0.25, 0.3) is 0 Å². The number of piperidine rings is 1. The Labute approximate surface area is 155 Å². The van der Waals surface area contributed by atoms with Crippen molar-refractivity contribution in [2.45, 2.75) is 37.6 Å². The number of nitrogens with zero attached hydrogens (tertiary/aromatic N) is 1. The molecule has 2 fully saturated rings. The number of carbonyl (C=O) groups excluding carboxylic acids is 2. The number of likely N-dealkylation sites (tertiary alicyclic amines) is 1. The quantitative estimate of drug-likeness (QED) is 0.697. The average Bonchev–Trinajstić information content (AvgIpc) is 3.47. The summed E-state index contributed by atoms with van der Waals surface area (Å²) >= 11 is 0. The molecular formula is C20H29N3O3. The highest BCUT2D eigenvalue weighted by Crippen LogP contribution is 2.34. The van der Waals surface area contributed by atoms with Crippen LogP contribution in [0.5, 0.6) is 0 Å². The zero-order chi connectivity index (χ0) is 18.4. The Balaban J connectivity index is 1.74. The van der Waals surface area contributed by atoms with Crippen molar-refractivity contribution in [1.82, 2.24) is 10.2 Å². The van der Waals surface area contributed by atoms with E-state index < -0.39 is 5.54 Å². The Morgan fingerprint density at radius 3 is 2.73 bits per heavy atom. The van der Waals surface area contributed by atoms with E-state index in [9.17, 15) is 9.59 Å². The van der Waals surface area contributed by atoms with E-state index in [1.54, 1.807) is 7.11 Å². The van der Waals surface area contributed by atoms with Crippen molar-refractivity contribution < 1.29 is 14.3 Å². The number of methoxy groups -OCH3 is 1. The van der Waals surface area contributed by atoms with Gasteiger partial charge in [0.05, 0.1) is 13.2 Å². The fraction of sp³-hybridized carbons (Fsp3) is 0.600. The summed E-state index contributed by atoms with van der Waals surface area (Å²) in [6.07, 6.45) is 4.45. The number of carbonyl (C=O) groups is 2. The van der Waals surface area contributed by atoms with E-state index in [2.05, 4.69) is 10.6 Å². The maximum absolute atomic E-state index is 13.0. The molecule has 6 nitrogen and oxygen atoms in total. The summed E-state index contributed by atoms with van der Waals surface area (Å²) in [7, 11) is 1.61. The Kier molecular flexibility index (Phi) is 6.14. The van der Waals surface area contributed by atoms with E-state index >= 15 is 0 Å². The minimum Gasteiger partial charge on any atom is -0.383 e. The van der Waals surface area contributed by atoms with Gasteiger partial charge in [0.2, 0.25) is 11.8 Å². The first-order chi connectivity index (χ1) is 12.6. The largest absolute Gasteiger partial charge is 0.383 e. The third-order valence-corrected chi connectivity index (χ3v) is 5.19. The molecule has 0 radical (unpaired) electrons. The lowest BCUT2D eigenvalue weighted by molar-refractivity contribution is -0.136. The van der Waals surface area contributed by atoms with Gasteiger partial charge < -0.3 is 20.3 Å². The molecule has 3 rings (SSSR count). The molecule has 6 heteroatoms. The van der Waals surface area contributed by atoms with E-state index in [-0.39, 0.29) is 11.8 Å². The van der Waals surface area contributed by atoms with E-state index in [4.69, 9.17) is 4.74 Å². The third-order valence-electron chi connectivity index (χ3n) is 5.19. The predicted molar refractivity (Wildman–Crippen MR) is 101 cm³/mol. The first kappa shape index (κ1) is 18.7. The van der Waals surface area contributed by atoms with Crippen LogP contribution in [0.1, 0.15) is 32.1 Å². The molecule has 1 saturated heterocycles. The second kappa shape index (κ2) is 8.54. The molecule has 0 aromatic heterocycles. The highest BCUT2D eigenvalue weighted by Gasteiger charge is 2.44. The fourth-order valence-corrected chi connectivity index (χ4v) is 3.54. The molecule has 1 heterocycles. The van der Waals surface area contributed by atoms with Crippen LogP contribution in [-0.4, -0.2) is 55.6 Å². The first-order valence-electron chi connectivity index (χ1n) is 9.51. The number of hydrogen-bond donors (Lipinski definition) is 2. The molecule has 1 saturated carbocycles. The number of amides is 2. The van der Waals surface area contributed by atoms with E-state index in [1.165, 1.54) is 0 Å². The molecule has 0 spiro atoms. The van der Waals surface area contributed by atoms with Crippen LogP contribution in [0.4, 0.5) is 5.69 Å². The van der Waals surface area contributed by atoms with Gasteiger partial charge in [-0.25, -0.2) is 0 Å². The summed E-state index contributed by atoms with van der Waals surface area (Å²) in [6.45, 7) is 2.07. The molecule has 1 aliphatic carbocycles. The van der Waals surface area contributed by atoms with Crippen LogP contribution < -0.4 is 10.6 Å². The molecule has 2 amide bonds. The number of benzene rings is 1. The Morgan fingerprint density at radius 1 is 1.27 bits per heavy atom. The first-order valence-corrected chi connectivity index (χ1v) is 9.51. The monoisotopic (exact) mass is 359 g/mol. The van der Waals surface area contributed by atoms with Crippen molar-refractivity contribution in [3.63, 3.8) is 0 Å². The minimum absolute atomic E-state index is 0.0673. The van der Waals surface area contributed by atoms with Crippen molar-refractivity contribution in [3.05, 3.63) is 30.3 Å². The van der Waals surface area contributed by atoms with Crippen LogP contribution in [-0.2, 0) is 14.3 Å². The average molecular weight is 359 g/mol. The van der Waals surface area contributed by atoms with Gasteiger partial charge in [-0.3, -0.25) is 9.59 Å². The standard InChI is InChI=1S/C20H29N3O3/c1-26-13-11-21-19(25)20(22-17-6-3-2-4-7-17)10-5-12-23(15-20)18(24)14-16-8-9-16/h2-4,6-7,16,22H,5,8-15H2,1H3,(H,21,25). The summed E-state index contributed by atoms with van der Waals surface area (Å²) in [5, 5.41) is 6.39. The van der Waals surface area contributed by atoms with Gasteiger partial charge in [0.15, 0.2) is 0 Å². The number of para-hydroxylation sites is 1. The van der Waals surface area contributed by atoms with Crippen molar-refractivity contribution in [2.75, 3.05) is 38.7 Å². The molecule has 26 heavy (non-hydrogen) atoms. The molecule has 2 N–H and O–H groups in total. The van der Waals surface area contributed by atoms with Crippen molar-refractivity contribution in [1.29, 1.82) is 0 Å². The highest BCUT2D eigenvalue weighted by atomic mass is 16.5. The maximum atomic E-state index is 13.0. The Hall–Kier alpha value is -2.08. The van der Waals surface area contributed by atoms with Crippen LogP contribution in [0.15, 0.2) is 30.3 Å². The van der Waals surface area contributed by atoms with Crippen LogP contribution in [0.2, 0.25) is 0 Å². The molecule has 1 atom stereocenters. The highest BCUT2D eigenvalue weighted by molar-refractivity contribution is 5.91. The fourth-order valence-electron chi connectivity index (χ4n) is 3.54. The number of anilines is 1. The third kappa shape index (κ3) is 4.75. The van der Waals surface area contributed by atoms with Gasteiger partial charge in [-0.2, -0.15) is 0 Å². The summed E-state index contributed by atoms with van der Waals surface area (Å²) < 4.78 is 5.04. The summed E-state index contributed by atoms with van der Waals surface area (Å²) in [6, 6.07) is 9.74. The van der Waals surface area contributed by atoms with Crippen LogP contribution in [0, 0.1) is 5.92 Å². The molecule has 2 aliphatic rings. The van der Waals surface area contributed by atoms with Crippen molar-refractivity contribution in [2.24, 2.45) is 5.92 Å². The van der Waals surface area contributed by atoms with Crippen molar-refractivity contribution in [3.8, 4) is 0 Å². The zero-order valence-corrected chi connectivity index (χ0v) is 15.5. The number of ether oxygens (including phenoxy) is 1. The molecule has 1 unspecified atom stereocenters. The van der Waals surface area contributed by atoms with Gasteiger partial charge in [0.1, 0.15) is 5.54 Å². The maximum Gasteiger partial charge on any atom is 0.247 e. The molecule has 142 valence electrons. The van der Waals surface area contributed by atoms with Crippen LogP contribution in [0.3, 0.4) is 0 Å². The van der Waals surface area contributed by atoms with Crippen molar-refractivity contribution >= 4 is 17.5 Å². The van der Waals surface area contributed by atoms with Gasteiger partial charge in [-0.1, -0.05) is 18.2 Å². The van der Waals surface area contributed by atoms with Gasteiger partial charge in [0, 0.05) is 32.3 Å². The lowest BCUT2D eigenvalue weighted by atomic mass is 9.87. The molecule has 0 bridgehead atoms. The zero-order valence-electron chi connectivity index (χ0n) is 15.5. The predicted octanol–water partition coefficient (Wildman–Crippen LogP) is 2.02. The number of hydrogen-bond acceptors (Lipinski definition) is 4. The van der Waals surface area contributed by atoms with E-state index in [0.717, 1.165) is 31.5 Å². The molecule has 1 aromatic carbocycles. The Bertz CT molecular complexity index is 618. The van der Waals surface area contributed by atoms with Gasteiger partial charge in [0.25, 0.3) is 0 Å². The molecule has 1 aromatic rings. The number of nitrogens with one attached hydrogen (secondary N) is 2. The van der Waals surface area contributed by atoms with E-state index in [0.29, 0.717) is 38.5 Å². The smallest absolute Gasteiger partial charge is 0.247 e. The minimum atomic E-state index is -0.799. The second-order valence-corrected chi connectivity index (χ2v) is 7.39. The SMILES string of the molecule is COCCNC(=O)C1(Nc2ccccc2)CCCN(C(=O)CC2CC2)C1. The number of rotatable bonds is 8. The second-order valence-electron chi connectivity index (χ2n) is 7.39. The lowest BCUT2D eigenvalue weighted by Gasteiger charge is -2.42. The van der Waals surface area contributed by atoms with Gasteiger partial charge >= 0.3 is 0 Å².